The number of nitrogens with one attached hydrogen (secondary N) is 1. The number of hydrogen-bond donors (Lipinski definition) is 1. The van der Waals surface area contributed by atoms with Crippen LogP contribution in [0.3, 0.4) is 0 Å². The number of carbonyl (C=O) groups is 1. The highest BCUT2D eigenvalue weighted by Gasteiger charge is 2.25. The molecule has 0 aromatic heterocycles. The van der Waals surface area contributed by atoms with E-state index in [0.29, 0.717) is 17.9 Å². The van der Waals surface area contributed by atoms with E-state index in [9.17, 15) is 4.79 Å². The Hall–Kier alpha value is -1.75. The van der Waals surface area contributed by atoms with Crippen molar-refractivity contribution < 1.29 is 9.53 Å². The first-order chi connectivity index (χ1) is 9.25. The second-order valence-corrected chi connectivity index (χ2v) is 5.05. The molecule has 5 heteroatoms. The van der Waals surface area contributed by atoms with Crippen LogP contribution in [0, 0.1) is 0 Å². The number of hydrogen-bond acceptors (Lipinski definition) is 4. The van der Waals surface area contributed by atoms with Crippen molar-refractivity contribution >= 4 is 11.6 Å². The van der Waals surface area contributed by atoms with E-state index in [1.807, 2.05) is 23.1 Å². The molecule has 2 aliphatic heterocycles. The van der Waals surface area contributed by atoms with Crippen LogP contribution in [0.2, 0.25) is 0 Å². The third-order valence-corrected chi connectivity index (χ3v) is 3.70. The molecule has 1 aromatic carbocycles. The SMILES string of the molecule is CN1CCN(C(=O)c2cccc3c2OCCN3)CC1. The molecule has 0 saturated carbocycles. The lowest BCUT2D eigenvalue weighted by Gasteiger charge is -2.33. The summed E-state index contributed by atoms with van der Waals surface area (Å²) in [5.74, 6) is 0.784. The number of anilines is 1. The first kappa shape index (κ1) is 12.3. The number of fused-ring (bicyclic) bond motifs is 1. The fourth-order valence-corrected chi connectivity index (χ4v) is 2.52. The van der Waals surface area contributed by atoms with Crippen LogP contribution in [0.4, 0.5) is 5.69 Å². The van der Waals surface area contributed by atoms with Gasteiger partial charge in [-0.3, -0.25) is 4.79 Å². The van der Waals surface area contributed by atoms with E-state index < -0.39 is 0 Å². The summed E-state index contributed by atoms with van der Waals surface area (Å²) in [6, 6.07) is 5.71. The molecule has 0 unspecified atom stereocenters. The standard InChI is InChI=1S/C14H19N3O2/c1-16-6-8-17(9-7-16)14(18)11-3-2-4-12-13(11)19-10-5-15-12/h2-4,15H,5-10H2,1H3. The molecule has 19 heavy (non-hydrogen) atoms. The smallest absolute Gasteiger partial charge is 0.257 e. The minimum absolute atomic E-state index is 0.0775. The zero-order valence-corrected chi connectivity index (χ0v) is 11.2. The highest BCUT2D eigenvalue weighted by atomic mass is 16.5. The highest BCUT2D eigenvalue weighted by molar-refractivity contribution is 5.99. The van der Waals surface area contributed by atoms with Crippen molar-refractivity contribution in [1.82, 2.24) is 9.80 Å². The molecular formula is C14H19N3O2. The van der Waals surface area contributed by atoms with Gasteiger partial charge in [-0.2, -0.15) is 0 Å². The summed E-state index contributed by atoms with van der Waals surface area (Å²) in [6.45, 7) is 4.83. The Kier molecular flexibility index (Phi) is 3.29. The third kappa shape index (κ3) is 2.38. The molecule has 3 rings (SSSR count). The normalized spacial score (nSPS) is 19.3. The van der Waals surface area contributed by atoms with E-state index in [2.05, 4.69) is 17.3 Å². The van der Waals surface area contributed by atoms with E-state index in [0.717, 1.165) is 38.4 Å². The molecule has 0 spiro atoms. The lowest BCUT2D eigenvalue weighted by molar-refractivity contribution is 0.0660. The first-order valence-corrected chi connectivity index (χ1v) is 6.73. The van der Waals surface area contributed by atoms with E-state index in [1.165, 1.54) is 0 Å². The third-order valence-electron chi connectivity index (χ3n) is 3.70. The Labute approximate surface area is 113 Å². The molecule has 1 aromatic rings. The predicted molar refractivity (Wildman–Crippen MR) is 73.8 cm³/mol. The Bertz CT molecular complexity index is 482. The summed E-state index contributed by atoms with van der Waals surface area (Å²) in [7, 11) is 2.08. The molecule has 0 radical (unpaired) electrons. The lowest BCUT2D eigenvalue weighted by Crippen LogP contribution is -2.47. The van der Waals surface area contributed by atoms with Crippen LogP contribution < -0.4 is 10.1 Å². The molecule has 1 fully saturated rings. The Morgan fingerprint density at radius 2 is 2.05 bits per heavy atom. The number of para-hydroxylation sites is 1. The maximum absolute atomic E-state index is 12.6. The fourth-order valence-electron chi connectivity index (χ4n) is 2.52. The molecule has 2 heterocycles. The van der Waals surface area contributed by atoms with Crippen LogP contribution in [0.15, 0.2) is 18.2 Å². The zero-order chi connectivity index (χ0) is 13.2. The van der Waals surface area contributed by atoms with Gasteiger partial charge in [0.05, 0.1) is 11.3 Å². The van der Waals surface area contributed by atoms with Gasteiger partial charge in [-0.25, -0.2) is 0 Å². The van der Waals surface area contributed by atoms with Crippen LogP contribution in [0.25, 0.3) is 0 Å². The number of amides is 1. The van der Waals surface area contributed by atoms with Crippen molar-refractivity contribution in [2.24, 2.45) is 0 Å². The monoisotopic (exact) mass is 261 g/mol. The number of ether oxygens (including phenoxy) is 1. The van der Waals surface area contributed by atoms with Crippen molar-refractivity contribution in [3.8, 4) is 5.75 Å². The van der Waals surface area contributed by atoms with E-state index in [1.54, 1.807) is 0 Å². The van der Waals surface area contributed by atoms with Crippen molar-refractivity contribution in [1.29, 1.82) is 0 Å². The predicted octanol–water partition coefficient (Wildman–Crippen LogP) is 0.878. The number of benzene rings is 1. The Morgan fingerprint density at radius 1 is 1.26 bits per heavy atom. The summed E-state index contributed by atoms with van der Waals surface area (Å²) >= 11 is 0. The van der Waals surface area contributed by atoms with Gasteiger partial charge < -0.3 is 19.9 Å². The highest BCUT2D eigenvalue weighted by Crippen LogP contribution is 2.32. The second-order valence-electron chi connectivity index (χ2n) is 5.05. The van der Waals surface area contributed by atoms with Crippen molar-refractivity contribution in [3.63, 3.8) is 0 Å². The number of rotatable bonds is 1. The zero-order valence-electron chi connectivity index (χ0n) is 11.2. The lowest BCUT2D eigenvalue weighted by atomic mass is 10.1. The summed E-state index contributed by atoms with van der Waals surface area (Å²) in [4.78, 5) is 16.7. The number of nitrogens with zero attached hydrogens (tertiary/aromatic N) is 2. The molecule has 1 saturated heterocycles. The van der Waals surface area contributed by atoms with Crippen LogP contribution in [-0.4, -0.2) is 62.1 Å². The van der Waals surface area contributed by atoms with E-state index >= 15 is 0 Å². The molecule has 102 valence electrons. The summed E-state index contributed by atoms with van der Waals surface area (Å²) in [5.41, 5.74) is 1.60. The molecular weight excluding hydrogens is 242 g/mol. The van der Waals surface area contributed by atoms with Crippen molar-refractivity contribution in [2.45, 2.75) is 0 Å². The topological polar surface area (TPSA) is 44.8 Å². The van der Waals surface area contributed by atoms with Gasteiger partial charge in [0.2, 0.25) is 0 Å². The van der Waals surface area contributed by atoms with Gasteiger partial charge in [0, 0.05) is 32.7 Å². The molecule has 1 amide bonds. The first-order valence-electron chi connectivity index (χ1n) is 6.73. The van der Waals surface area contributed by atoms with E-state index in [4.69, 9.17) is 4.74 Å². The average molecular weight is 261 g/mol. The summed E-state index contributed by atoms with van der Waals surface area (Å²) in [5, 5.41) is 3.26. The van der Waals surface area contributed by atoms with Gasteiger partial charge in [0.1, 0.15) is 6.61 Å². The average Bonchev–Trinajstić information content (AvgIpc) is 2.47. The second kappa shape index (κ2) is 5.09. The van der Waals surface area contributed by atoms with Gasteiger partial charge in [0.15, 0.2) is 5.75 Å². The van der Waals surface area contributed by atoms with Gasteiger partial charge >= 0.3 is 0 Å². The van der Waals surface area contributed by atoms with Gasteiger partial charge in [-0.05, 0) is 19.2 Å². The molecule has 0 atom stereocenters. The van der Waals surface area contributed by atoms with Crippen LogP contribution in [-0.2, 0) is 0 Å². The molecule has 2 aliphatic rings. The van der Waals surface area contributed by atoms with Crippen LogP contribution in [0.5, 0.6) is 5.75 Å². The maximum atomic E-state index is 12.6. The van der Waals surface area contributed by atoms with E-state index in [-0.39, 0.29) is 5.91 Å². The van der Waals surface area contributed by atoms with Gasteiger partial charge in [0.25, 0.3) is 5.91 Å². The minimum Gasteiger partial charge on any atom is -0.489 e. The number of carbonyl (C=O) groups excluding carboxylic acids is 1. The summed E-state index contributed by atoms with van der Waals surface area (Å²) in [6.07, 6.45) is 0. The van der Waals surface area contributed by atoms with Crippen molar-refractivity contribution in [2.75, 3.05) is 51.7 Å². The Morgan fingerprint density at radius 3 is 2.84 bits per heavy atom. The van der Waals surface area contributed by atoms with Crippen LogP contribution >= 0.6 is 0 Å². The largest absolute Gasteiger partial charge is 0.489 e. The molecule has 0 aliphatic carbocycles. The van der Waals surface area contributed by atoms with Crippen molar-refractivity contribution in [3.05, 3.63) is 23.8 Å². The molecule has 1 N–H and O–H groups in total. The summed E-state index contributed by atoms with van der Waals surface area (Å²) < 4.78 is 5.67. The van der Waals surface area contributed by atoms with Crippen LogP contribution in [0.1, 0.15) is 10.4 Å². The van der Waals surface area contributed by atoms with Gasteiger partial charge in [-0.15, -0.1) is 0 Å². The molecule has 0 bridgehead atoms. The molecule has 5 nitrogen and oxygen atoms in total. The number of piperazine rings is 1. The quantitative estimate of drug-likeness (QED) is 0.815. The maximum Gasteiger partial charge on any atom is 0.257 e. The Balaban J connectivity index is 1.83. The number of likely N-dealkylation sites (N-methyl/N-ethyl adjacent to an activating group) is 1. The fraction of sp³-hybridized carbons (Fsp3) is 0.500. The minimum atomic E-state index is 0.0775. The van der Waals surface area contributed by atoms with Gasteiger partial charge in [-0.1, -0.05) is 6.07 Å².